The first-order valence-corrected chi connectivity index (χ1v) is 11.7. The first-order chi connectivity index (χ1) is 16.2. The number of thiol groups is 1. The fourth-order valence-electron chi connectivity index (χ4n) is 4.21. The standard InChI is InChI=1S/C28H25N3OS/c32-28(29-17-6-18-33)30-22-14-11-20(12-15-22)21-13-16-27-25(19-21)24-9-4-5-10-26(24)31(27)23-7-2-1-3-8-23/h1-5,7-16,19,33H,6,17-18H2,(H2,29,30,32). The lowest BCUT2D eigenvalue weighted by molar-refractivity contribution is 0.252. The van der Waals surface area contributed by atoms with E-state index in [1.54, 1.807) is 0 Å². The van der Waals surface area contributed by atoms with Gasteiger partial charge in [0.25, 0.3) is 0 Å². The number of aromatic nitrogens is 1. The van der Waals surface area contributed by atoms with Crippen LogP contribution in [0.5, 0.6) is 0 Å². The van der Waals surface area contributed by atoms with Crippen LogP contribution in [0.15, 0.2) is 97.1 Å². The molecule has 5 aromatic rings. The molecule has 0 unspecified atom stereocenters. The monoisotopic (exact) mass is 451 g/mol. The first kappa shape index (κ1) is 21.2. The van der Waals surface area contributed by atoms with Crippen molar-refractivity contribution in [2.24, 2.45) is 0 Å². The van der Waals surface area contributed by atoms with Gasteiger partial charge in [0.15, 0.2) is 0 Å². The van der Waals surface area contributed by atoms with Gasteiger partial charge in [-0.25, -0.2) is 4.79 Å². The van der Waals surface area contributed by atoms with Crippen molar-refractivity contribution < 1.29 is 4.79 Å². The van der Waals surface area contributed by atoms with Gasteiger partial charge in [-0.05, 0) is 65.8 Å². The normalized spacial score (nSPS) is 11.1. The molecule has 2 N–H and O–H groups in total. The number of benzene rings is 4. The Morgan fingerprint density at radius 2 is 1.45 bits per heavy atom. The largest absolute Gasteiger partial charge is 0.338 e. The quantitative estimate of drug-likeness (QED) is 0.191. The molecule has 5 heteroatoms. The Morgan fingerprint density at radius 3 is 2.24 bits per heavy atom. The van der Waals surface area contributed by atoms with Crippen molar-refractivity contribution in [3.8, 4) is 16.8 Å². The van der Waals surface area contributed by atoms with Crippen LogP contribution in [0.1, 0.15) is 6.42 Å². The third-order valence-corrected chi connectivity index (χ3v) is 6.10. The Labute approximate surface area is 198 Å². The number of urea groups is 1. The summed E-state index contributed by atoms with van der Waals surface area (Å²) in [5.74, 6) is 0.753. The van der Waals surface area contributed by atoms with E-state index in [0.717, 1.165) is 34.7 Å². The molecule has 164 valence electrons. The van der Waals surface area contributed by atoms with Crippen molar-refractivity contribution in [1.29, 1.82) is 0 Å². The van der Waals surface area contributed by atoms with Gasteiger partial charge in [0.2, 0.25) is 0 Å². The minimum absolute atomic E-state index is 0.195. The smallest absolute Gasteiger partial charge is 0.319 e. The molecule has 0 fully saturated rings. The second-order valence-electron chi connectivity index (χ2n) is 7.96. The molecule has 0 saturated heterocycles. The summed E-state index contributed by atoms with van der Waals surface area (Å²) in [6.45, 7) is 0.615. The summed E-state index contributed by atoms with van der Waals surface area (Å²) in [6.07, 6.45) is 0.846. The van der Waals surface area contributed by atoms with Crippen molar-refractivity contribution in [2.45, 2.75) is 6.42 Å². The van der Waals surface area contributed by atoms with Gasteiger partial charge in [-0.3, -0.25) is 0 Å². The number of hydrogen-bond donors (Lipinski definition) is 3. The van der Waals surface area contributed by atoms with Gasteiger partial charge in [-0.15, -0.1) is 0 Å². The van der Waals surface area contributed by atoms with Crippen molar-refractivity contribution >= 4 is 46.2 Å². The van der Waals surface area contributed by atoms with E-state index in [2.05, 4.69) is 94.6 Å². The highest BCUT2D eigenvalue weighted by molar-refractivity contribution is 7.80. The Morgan fingerprint density at radius 1 is 0.758 bits per heavy atom. The van der Waals surface area contributed by atoms with Gasteiger partial charge in [0.05, 0.1) is 11.0 Å². The van der Waals surface area contributed by atoms with E-state index in [9.17, 15) is 4.79 Å². The molecule has 0 saturated carbocycles. The molecule has 2 amide bonds. The zero-order chi connectivity index (χ0) is 22.6. The zero-order valence-corrected chi connectivity index (χ0v) is 19.1. The minimum Gasteiger partial charge on any atom is -0.338 e. The SMILES string of the molecule is O=C(NCCCS)Nc1ccc(-c2ccc3c(c2)c2ccccc2n3-c2ccccc2)cc1. The van der Waals surface area contributed by atoms with E-state index in [0.29, 0.717) is 6.54 Å². The number of nitrogens with one attached hydrogen (secondary N) is 2. The molecular weight excluding hydrogens is 426 g/mol. The predicted octanol–water partition coefficient (Wildman–Crippen LogP) is 6.89. The summed E-state index contributed by atoms with van der Waals surface area (Å²) in [7, 11) is 0. The van der Waals surface area contributed by atoms with Gasteiger partial charge < -0.3 is 15.2 Å². The van der Waals surface area contributed by atoms with Crippen LogP contribution in [0.25, 0.3) is 38.6 Å². The predicted molar refractivity (Wildman–Crippen MR) is 142 cm³/mol. The van der Waals surface area contributed by atoms with Gasteiger partial charge in [0, 0.05) is 28.7 Å². The van der Waals surface area contributed by atoms with E-state index >= 15 is 0 Å². The summed E-state index contributed by atoms with van der Waals surface area (Å²) in [4.78, 5) is 12.0. The third kappa shape index (κ3) is 4.32. The van der Waals surface area contributed by atoms with Crippen molar-refractivity contribution in [3.63, 3.8) is 0 Å². The van der Waals surface area contributed by atoms with Gasteiger partial charge in [-0.1, -0.05) is 54.6 Å². The fourth-order valence-corrected chi connectivity index (χ4v) is 4.37. The highest BCUT2D eigenvalue weighted by Gasteiger charge is 2.13. The van der Waals surface area contributed by atoms with Crippen LogP contribution in [-0.4, -0.2) is 22.9 Å². The van der Waals surface area contributed by atoms with Crippen molar-refractivity contribution in [3.05, 3.63) is 97.1 Å². The van der Waals surface area contributed by atoms with Crippen LogP contribution >= 0.6 is 12.6 Å². The highest BCUT2D eigenvalue weighted by Crippen LogP contribution is 2.34. The maximum atomic E-state index is 12.0. The van der Waals surface area contributed by atoms with E-state index in [1.165, 1.54) is 21.8 Å². The zero-order valence-electron chi connectivity index (χ0n) is 18.2. The Balaban J connectivity index is 1.48. The van der Waals surface area contributed by atoms with Crippen molar-refractivity contribution in [1.82, 2.24) is 9.88 Å². The van der Waals surface area contributed by atoms with Crippen LogP contribution in [-0.2, 0) is 0 Å². The fraction of sp³-hybridized carbons (Fsp3) is 0.107. The molecule has 0 bridgehead atoms. The molecule has 0 aliphatic heterocycles. The molecular formula is C28H25N3OS. The molecule has 0 aliphatic rings. The summed E-state index contributed by atoms with van der Waals surface area (Å²) in [6, 6.07) is 33.4. The number of hydrogen-bond acceptors (Lipinski definition) is 2. The summed E-state index contributed by atoms with van der Waals surface area (Å²) in [5, 5.41) is 8.16. The molecule has 33 heavy (non-hydrogen) atoms. The van der Waals surface area contributed by atoms with E-state index in [4.69, 9.17) is 0 Å². The van der Waals surface area contributed by atoms with Crippen LogP contribution in [0.3, 0.4) is 0 Å². The Bertz CT molecular complexity index is 1410. The van der Waals surface area contributed by atoms with E-state index < -0.39 is 0 Å². The molecule has 1 aromatic heterocycles. The molecule has 0 radical (unpaired) electrons. The average Bonchev–Trinajstić information content (AvgIpc) is 3.19. The lowest BCUT2D eigenvalue weighted by Crippen LogP contribution is -2.29. The molecule has 0 spiro atoms. The molecule has 4 nitrogen and oxygen atoms in total. The molecule has 1 heterocycles. The average molecular weight is 452 g/mol. The number of anilines is 1. The van der Waals surface area contributed by atoms with Crippen LogP contribution in [0.2, 0.25) is 0 Å². The Kier molecular flexibility index (Phi) is 6.05. The number of fused-ring (bicyclic) bond motifs is 3. The highest BCUT2D eigenvalue weighted by atomic mass is 32.1. The summed E-state index contributed by atoms with van der Waals surface area (Å²) in [5.41, 5.74) is 6.54. The molecule has 0 aliphatic carbocycles. The second-order valence-corrected chi connectivity index (χ2v) is 8.40. The first-order valence-electron chi connectivity index (χ1n) is 11.1. The maximum Gasteiger partial charge on any atom is 0.319 e. The van der Waals surface area contributed by atoms with Crippen LogP contribution in [0.4, 0.5) is 10.5 Å². The van der Waals surface area contributed by atoms with Crippen molar-refractivity contribution in [2.75, 3.05) is 17.6 Å². The van der Waals surface area contributed by atoms with Gasteiger partial charge >= 0.3 is 6.03 Å². The van der Waals surface area contributed by atoms with Gasteiger partial charge in [0.1, 0.15) is 0 Å². The number of carbonyl (C=O) groups excluding carboxylic acids is 1. The number of para-hydroxylation sites is 2. The third-order valence-electron chi connectivity index (χ3n) is 5.78. The molecule has 4 aromatic carbocycles. The maximum absolute atomic E-state index is 12.0. The summed E-state index contributed by atoms with van der Waals surface area (Å²) >= 11 is 4.16. The number of amides is 2. The minimum atomic E-state index is -0.195. The number of rotatable bonds is 6. The lowest BCUT2D eigenvalue weighted by atomic mass is 10.0. The van der Waals surface area contributed by atoms with E-state index in [-0.39, 0.29) is 6.03 Å². The number of nitrogens with zero attached hydrogens (tertiary/aromatic N) is 1. The molecule has 5 rings (SSSR count). The van der Waals surface area contributed by atoms with Gasteiger partial charge in [-0.2, -0.15) is 12.6 Å². The van der Waals surface area contributed by atoms with Crippen LogP contribution < -0.4 is 10.6 Å². The Hall–Kier alpha value is -3.70. The van der Waals surface area contributed by atoms with Crippen LogP contribution in [0, 0.1) is 0 Å². The van der Waals surface area contributed by atoms with E-state index in [1.807, 2.05) is 30.3 Å². The molecule has 0 atom stereocenters. The number of carbonyl (C=O) groups is 1. The second kappa shape index (κ2) is 9.43. The summed E-state index contributed by atoms with van der Waals surface area (Å²) < 4.78 is 2.31. The topological polar surface area (TPSA) is 46.1 Å². The lowest BCUT2D eigenvalue weighted by Gasteiger charge is -2.09.